The third-order valence-corrected chi connectivity index (χ3v) is 4.63. The van der Waals surface area contributed by atoms with Gasteiger partial charge in [0, 0.05) is 11.1 Å². The third kappa shape index (κ3) is 3.78. The average Bonchev–Trinajstić information content (AvgIpc) is 2.50. The maximum absolute atomic E-state index is 5.97. The van der Waals surface area contributed by atoms with Crippen molar-refractivity contribution in [2.45, 2.75) is 51.6 Å². The molecule has 120 valence electrons. The largest absolute Gasteiger partial charge is 0.493 e. The number of nitrogens with zero attached hydrogens (tertiary/aromatic N) is 1. The zero-order valence-corrected chi connectivity index (χ0v) is 14.6. The van der Waals surface area contributed by atoms with E-state index in [1.807, 2.05) is 7.05 Å². The smallest absolute Gasteiger partial charge is 0.124 e. The van der Waals surface area contributed by atoms with Gasteiger partial charge in [0.15, 0.2) is 0 Å². The molecule has 1 aromatic rings. The molecule has 0 aliphatic carbocycles. The molecule has 1 rings (SSSR count). The molecule has 0 aliphatic rings. The zero-order valence-electron chi connectivity index (χ0n) is 14.6. The highest BCUT2D eigenvalue weighted by Gasteiger charge is 2.39. The molecule has 21 heavy (non-hydrogen) atoms. The van der Waals surface area contributed by atoms with E-state index >= 15 is 0 Å². The Morgan fingerprint density at radius 3 is 2.24 bits per heavy atom. The summed E-state index contributed by atoms with van der Waals surface area (Å²) in [7, 11) is 6.39. The monoisotopic (exact) mass is 292 g/mol. The van der Waals surface area contributed by atoms with Crippen LogP contribution in [0.3, 0.4) is 0 Å². The number of para-hydroxylation sites is 1. The van der Waals surface area contributed by atoms with Gasteiger partial charge in [0.2, 0.25) is 0 Å². The molecular weight excluding hydrogens is 260 g/mol. The number of nitrogens with one attached hydrogen (secondary N) is 1. The summed E-state index contributed by atoms with van der Waals surface area (Å²) < 4.78 is 5.97. The molecule has 3 nitrogen and oxygen atoms in total. The van der Waals surface area contributed by atoms with Gasteiger partial charge in [-0.05, 0) is 46.5 Å². The number of benzene rings is 1. The van der Waals surface area contributed by atoms with E-state index in [-0.39, 0.29) is 11.6 Å². The summed E-state index contributed by atoms with van der Waals surface area (Å²) in [4.78, 5) is 2.35. The van der Waals surface area contributed by atoms with Crippen LogP contribution in [0.4, 0.5) is 0 Å². The summed E-state index contributed by atoms with van der Waals surface area (Å²) in [6, 6.07) is 8.67. The van der Waals surface area contributed by atoms with E-state index in [1.165, 1.54) is 5.56 Å². The predicted molar refractivity (Wildman–Crippen MR) is 91.0 cm³/mol. The summed E-state index contributed by atoms with van der Waals surface area (Å²) >= 11 is 0. The van der Waals surface area contributed by atoms with E-state index in [9.17, 15) is 0 Å². The van der Waals surface area contributed by atoms with Crippen molar-refractivity contribution in [3.8, 4) is 5.75 Å². The highest BCUT2D eigenvalue weighted by Crippen LogP contribution is 2.39. The van der Waals surface area contributed by atoms with Crippen LogP contribution >= 0.6 is 0 Å². The molecule has 0 saturated carbocycles. The van der Waals surface area contributed by atoms with Gasteiger partial charge >= 0.3 is 0 Å². The first-order valence-electron chi connectivity index (χ1n) is 8.13. The zero-order chi connectivity index (χ0) is 15.9. The van der Waals surface area contributed by atoms with Gasteiger partial charge in [-0.3, -0.25) is 0 Å². The van der Waals surface area contributed by atoms with Crippen molar-refractivity contribution in [2.24, 2.45) is 0 Å². The Hall–Kier alpha value is -1.06. The van der Waals surface area contributed by atoms with Gasteiger partial charge in [0.25, 0.3) is 0 Å². The summed E-state index contributed by atoms with van der Waals surface area (Å²) in [5, 5.41) is 3.54. The Balaban J connectivity index is 3.25. The molecule has 0 aliphatic heterocycles. The predicted octanol–water partition coefficient (Wildman–Crippen LogP) is 3.86. The van der Waals surface area contributed by atoms with Gasteiger partial charge in [-0.2, -0.15) is 0 Å². The van der Waals surface area contributed by atoms with Crippen molar-refractivity contribution in [1.82, 2.24) is 10.2 Å². The summed E-state index contributed by atoms with van der Waals surface area (Å²) in [5.74, 6) is 1.01. The Morgan fingerprint density at radius 1 is 1.14 bits per heavy atom. The molecule has 0 radical (unpaired) electrons. The Morgan fingerprint density at radius 2 is 1.76 bits per heavy atom. The second-order valence-electron chi connectivity index (χ2n) is 5.81. The lowest BCUT2D eigenvalue weighted by atomic mass is 9.79. The Bertz CT molecular complexity index is 413. The van der Waals surface area contributed by atoms with Crippen molar-refractivity contribution >= 4 is 0 Å². The molecule has 1 atom stereocenters. The van der Waals surface area contributed by atoms with Gasteiger partial charge in [-0.25, -0.2) is 0 Å². The first-order valence-corrected chi connectivity index (χ1v) is 8.13. The standard InChI is InChI=1S/C18H32N2O/c1-7-14-21-16-13-11-10-12-15(16)17(19-4)18(8-2,9-3)20(5)6/h10-13,17,19H,7-9,14H2,1-6H3. The summed E-state index contributed by atoms with van der Waals surface area (Å²) in [6.07, 6.45) is 3.20. The number of likely N-dealkylation sites (N-methyl/N-ethyl adjacent to an activating group) is 2. The molecule has 0 saturated heterocycles. The molecule has 1 unspecified atom stereocenters. The minimum Gasteiger partial charge on any atom is -0.493 e. The molecule has 0 heterocycles. The summed E-state index contributed by atoms with van der Waals surface area (Å²) in [6.45, 7) is 7.44. The number of rotatable bonds is 9. The maximum Gasteiger partial charge on any atom is 0.124 e. The fourth-order valence-electron chi connectivity index (χ4n) is 3.33. The Kier molecular flexibility index (Phi) is 7.20. The van der Waals surface area contributed by atoms with E-state index < -0.39 is 0 Å². The van der Waals surface area contributed by atoms with Crippen LogP contribution < -0.4 is 10.1 Å². The first kappa shape index (κ1) is 18.0. The molecule has 0 bridgehead atoms. The first-order chi connectivity index (χ1) is 10.1. The highest BCUT2D eigenvalue weighted by atomic mass is 16.5. The van der Waals surface area contributed by atoms with Crippen LogP contribution in [0.15, 0.2) is 24.3 Å². The number of hydrogen-bond donors (Lipinski definition) is 1. The molecular formula is C18H32N2O. The lowest BCUT2D eigenvalue weighted by molar-refractivity contribution is 0.0901. The third-order valence-electron chi connectivity index (χ3n) is 4.63. The van der Waals surface area contributed by atoms with Gasteiger partial charge in [-0.15, -0.1) is 0 Å². The van der Waals surface area contributed by atoms with Crippen molar-refractivity contribution in [3.63, 3.8) is 0 Å². The molecule has 0 spiro atoms. The summed E-state index contributed by atoms with van der Waals surface area (Å²) in [5.41, 5.74) is 1.34. The van der Waals surface area contributed by atoms with Crippen molar-refractivity contribution in [1.29, 1.82) is 0 Å². The van der Waals surface area contributed by atoms with Crippen LogP contribution in [0.1, 0.15) is 51.6 Å². The lowest BCUT2D eigenvalue weighted by Gasteiger charge is -2.45. The van der Waals surface area contributed by atoms with E-state index in [1.54, 1.807) is 0 Å². The maximum atomic E-state index is 5.97. The minimum absolute atomic E-state index is 0.0838. The minimum atomic E-state index is 0.0838. The van der Waals surface area contributed by atoms with Crippen LogP contribution in [-0.4, -0.2) is 38.2 Å². The molecule has 0 amide bonds. The van der Waals surface area contributed by atoms with Crippen LogP contribution in [0.25, 0.3) is 0 Å². The van der Waals surface area contributed by atoms with Crippen molar-refractivity contribution in [3.05, 3.63) is 29.8 Å². The molecule has 1 N–H and O–H groups in total. The van der Waals surface area contributed by atoms with E-state index in [0.717, 1.165) is 31.6 Å². The molecule has 3 heteroatoms. The second kappa shape index (κ2) is 8.40. The highest BCUT2D eigenvalue weighted by molar-refractivity contribution is 5.38. The van der Waals surface area contributed by atoms with Gasteiger partial charge in [-0.1, -0.05) is 39.0 Å². The lowest BCUT2D eigenvalue weighted by Crippen LogP contribution is -2.52. The van der Waals surface area contributed by atoms with Crippen molar-refractivity contribution < 1.29 is 4.74 Å². The number of ether oxygens (including phenoxy) is 1. The van der Waals surface area contributed by atoms with Crippen LogP contribution in [-0.2, 0) is 0 Å². The van der Waals surface area contributed by atoms with Crippen LogP contribution in [0.2, 0.25) is 0 Å². The topological polar surface area (TPSA) is 24.5 Å². The van der Waals surface area contributed by atoms with Gasteiger partial charge in [0.1, 0.15) is 5.75 Å². The normalized spacial score (nSPS) is 13.5. The van der Waals surface area contributed by atoms with Crippen LogP contribution in [0.5, 0.6) is 5.75 Å². The molecule has 1 aromatic carbocycles. The van der Waals surface area contributed by atoms with Gasteiger partial charge < -0.3 is 15.0 Å². The SMILES string of the molecule is CCCOc1ccccc1C(NC)C(CC)(CC)N(C)C. The van der Waals surface area contributed by atoms with E-state index in [4.69, 9.17) is 4.74 Å². The quantitative estimate of drug-likeness (QED) is 0.748. The van der Waals surface area contributed by atoms with Crippen molar-refractivity contribution in [2.75, 3.05) is 27.7 Å². The van der Waals surface area contributed by atoms with E-state index in [0.29, 0.717) is 0 Å². The van der Waals surface area contributed by atoms with Gasteiger partial charge in [0.05, 0.1) is 12.6 Å². The average molecular weight is 292 g/mol. The number of hydrogen-bond acceptors (Lipinski definition) is 3. The molecule has 0 aromatic heterocycles. The Labute approximate surface area is 130 Å². The fraction of sp³-hybridized carbons (Fsp3) is 0.667. The van der Waals surface area contributed by atoms with E-state index in [2.05, 4.69) is 69.3 Å². The fourth-order valence-corrected chi connectivity index (χ4v) is 3.33. The second-order valence-corrected chi connectivity index (χ2v) is 5.81. The molecule has 0 fully saturated rings. The van der Waals surface area contributed by atoms with Crippen LogP contribution in [0, 0.1) is 0 Å².